The van der Waals surface area contributed by atoms with Crippen molar-refractivity contribution in [1.29, 1.82) is 0 Å². The molecule has 6 heteroatoms. The highest BCUT2D eigenvalue weighted by Gasteiger charge is 2.32. The Morgan fingerprint density at radius 1 is 1.06 bits per heavy atom. The highest BCUT2D eigenvalue weighted by Crippen LogP contribution is 2.27. The van der Waals surface area contributed by atoms with Crippen LogP contribution >= 0.6 is 0 Å². The lowest BCUT2D eigenvalue weighted by Gasteiger charge is -2.32. The monoisotopic (exact) mass is 262 g/mol. The van der Waals surface area contributed by atoms with Gasteiger partial charge in [-0.05, 0) is 25.7 Å². The summed E-state index contributed by atoms with van der Waals surface area (Å²) in [6.07, 6.45) is 6.40. The number of hydrogen-bond donors (Lipinski definition) is 2. The van der Waals surface area contributed by atoms with E-state index in [0.717, 1.165) is 32.1 Å². The van der Waals surface area contributed by atoms with Crippen molar-refractivity contribution >= 4 is 10.2 Å². The lowest BCUT2D eigenvalue weighted by atomic mass is 9.85. The molecule has 0 spiro atoms. The van der Waals surface area contributed by atoms with E-state index in [0.29, 0.717) is 25.9 Å². The van der Waals surface area contributed by atoms with Crippen LogP contribution in [0.2, 0.25) is 0 Å². The summed E-state index contributed by atoms with van der Waals surface area (Å²) in [6, 6.07) is 0. The third-order valence-corrected chi connectivity index (χ3v) is 5.33. The smallest absolute Gasteiger partial charge is 0.279 e. The summed E-state index contributed by atoms with van der Waals surface area (Å²) < 4.78 is 27.9. The van der Waals surface area contributed by atoms with Crippen molar-refractivity contribution in [3.05, 3.63) is 0 Å². The molecule has 0 unspecified atom stereocenters. The number of nitrogens with zero attached hydrogens (tertiary/aromatic N) is 1. The third kappa shape index (κ3) is 3.40. The van der Waals surface area contributed by atoms with E-state index in [1.54, 1.807) is 0 Å². The van der Waals surface area contributed by atoms with Gasteiger partial charge in [0.1, 0.15) is 0 Å². The molecule has 100 valence electrons. The second-order valence-corrected chi connectivity index (χ2v) is 6.97. The molecule has 1 aliphatic carbocycles. The van der Waals surface area contributed by atoms with Crippen molar-refractivity contribution < 1.29 is 13.5 Å². The molecule has 5 nitrogen and oxygen atoms in total. The van der Waals surface area contributed by atoms with Gasteiger partial charge in [-0.3, -0.25) is 0 Å². The normalized spacial score (nSPS) is 26.2. The van der Waals surface area contributed by atoms with Gasteiger partial charge < -0.3 is 5.11 Å². The Kier molecular flexibility index (Phi) is 4.07. The van der Waals surface area contributed by atoms with Crippen LogP contribution in [0.1, 0.15) is 44.9 Å². The third-order valence-electron chi connectivity index (χ3n) is 3.77. The summed E-state index contributed by atoms with van der Waals surface area (Å²) in [4.78, 5) is 0. The van der Waals surface area contributed by atoms with Crippen molar-refractivity contribution in [2.24, 2.45) is 0 Å². The molecular formula is C11H22N2O3S. The Morgan fingerprint density at radius 2 is 1.65 bits per heavy atom. The maximum Gasteiger partial charge on any atom is 0.279 e. The van der Waals surface area contributed by atoms with Crippen LogP contribution in [0, 0.1) is 0 Å². The molecule has 0 amide bonds. The maximum atomic E-state index is 11.9. The molecule has 2 fully saturated rings. The van der Waals surface area contributed by atoms with Crippen molar-refractivity contribution in [3.8, 4) is 0 Å². The van der Waals surface area contributed by atoms with Crippen molar-refractivity contribution in [2.75, 3.05) is 19.6 Å². The standard InChI is InChI=1S/C11H22N2O3S/c14-11(6-2-1-3-7-11)10-12-17(15,16)13-8-4-5-9-13/h12,14H,1-10H2. The molecule has 2 rings (SSSR count). The fraction of sp³-hybridized carbons (Fsp3) is 1.00. The number of nitrogens with one attached hydrogen (secondary N) is 1. The van der Waals surface area contributed by atoms with Gasteiger partial charge in [0.15, 0.2) is 0 Å². The van der Waals surface area contributed by atoms with Crippen LogP contribution in [-0.2, 0) is 10.2 Å². The molecular weight excluding hydrogens is 240 g/mol. The molecule has 17 heavy (non-hydrogen) atoms. The van der Waals surface area contributed by atoms with Crippen molar-refractivity contribution in [3.63, 3.8) is 0 Å². The average molecular weight is 262 g/mol. The summed E-state index contributed by atoms with van der Waals surface area (Å²) in [7, 11) is -3.37. The summed E-state index contributed by atoms with van der Waals surface area (Å²) in [5.41, 5.74) is -0.828. The van der Waals surface area contributed by atoms with E-state index in [9.17, 15) is 13.5 Å². The van der Waals surface area contributed by atoms with Gasteiger partial charge in [0.25, 0.3) is 10.2 Å². The highest BCUT2D eigenvalue weighted by molar-refractivity contribution is 7.87. The first-order chi connectivity index (χ1) is 8.02. The van der Waals surface area contributed by atoms with Gasteiger partial charge in [-0.15, -0.1) is 0 Å². The molecule has 1 aliphatic heterocycles. The molecule has 1 saturated carbocycles. The Morgan fingerprint density at radius 3 is 2.24 bits per heavy atom. The molecule has 2 aliphatic rings. The quantitative estimate of drug-likeness (QED) is 0.780. The van der Waals surface area contributed by atoms with Gasteiger partial charge in [-0.25, -0.2) is 0 Å². The van der Waals surface area contributed by atoms with E-state index in [1.807, 2.05) is 0 Å². The molecule has 0 bridgehead atoms. The molecule has 2 N–H and O–H groups in total. The number of aliphatic hydroxyl groups is 1. The molecule has 0 aromatic carbocycles. The van der Waals surface area contributed by atoms with E-state index in [4.69, 9.17) is 0 Å². The van der Waals surface area contributed by atoms with Gasteiger partial charge in [0, 0.05) is 19.6 Å². The number of rotatable bonds is 4. The van der Waals surface area contributed by atoms with Crippen LogP contribution in [0.5, 0.6) is 0 Å². The molecule has 1 saturated heterocycles. The second-order valence-electron chi connectivity index (χ2n) is 5.22. The minimum Gasteiger partial charge on any atom is -0.389 e. The van der Waals surface area contributed by atoms with Gasteiger partial charge >= 0.3 is 0 Å². The zero-order chi connectivity index (χ0) is 12.4. The van der Waals surface area contributed by atoms with Crippen LogP contribution < -0.4 is 4.72 Å². The Hall–Kier alpha value is -0.170. The maximum absolute atomic E-state index is 11.9. The van der Waals surface area contributed by atoms with Gasteiger partial charge in [-0.2, -0.15) is 17.4 Å². The van der Waals surface area contributed by atoms with Crippen LogP contribution in [-0.4, -0.2) is 43.1 Å². The van der Waals surface area contributed by atoms with Crippen molar-refractivity contribution in [2.45, 2.75) is 50.5 Å². The van der Waals surface area contributed by atoms with Gasteiger partial charge in [0.05, 0.1) is 5.60 Å². The molecule has 0 atom stereocenters. The predicted octanol–water partition coefficient (Wildman–Crippen LogP) is 0.612. The van der Waals surface area contributed by atoms with Crippen molar-refractivity contribution in [1.82, 2.24) is 9.03 Å². The minimum atomic E-state index is -3.37. The highest BCUT2D eigenvalue weighted by atomic mass is 32.2. The molecule has 0 aromatic heterocycles. The Balaban J connectivity index is 1.88. The summed E-state index contributed by atoms with van der Waals surface area (Å²) in [5.74, 6) is 0. The lowest BCUT2D eigenvalue weighted by Crippen LogP contribution is -2.48. The second kappa shape index (κ2) is 5.22. The fourth-order valence-corrected chi connectivity index (χ4v) is 4.00. The van der Waals surface area contributed by atoms with Crippen LogP contribution in [0.3, 0.4) is 0 Å². The Bertz CT molecular complexity index is 344. The molecule has 0 aromatic rings. The van der Waals surface area contributed by atoms with E-state index in [1.165, 1.54) is 4.31 Å². The van der Waals surface area contributed by atoms with Crippen LogP contribution in [0.15, 0.2) is 0 Å². The van der Waals surface area contributed by atoms with Gasteiger partial charge in [0.2, 0.25) is 0 Å². The molecule has 1 heterocycles. The first-order valence-electron chi connectivity index (χ1n) is 6.49. The van der Waals surface area contributed by atoms with Gasteiger partial charge in [-0.1, -0.05) is 19.3 Å². The lowest BCUT2D eigenvalue weighted by molar-refractivity contribution is 0.00918. The van der Waals surface area contributed by atoms with E-state index in [2.05, 4.69) is 4.72 Å². The minimum absolute atomic E-state index is 0.159. The summed E-state index contributed by atoms with van der Waals surface area (Å²) in [5, 5.41) is 10.2. The number of hydrogen-bond acceptors (Lipinski definition) is 3. The first-order valence-corrected chi connectivity index (χ1v) is 7.93. The topological polar surface area (TPSA) is 69.6 Å². The van der Waals surface area contributed by atoms with Crippen LogP contribution in [0.25, 0.3) is 0 Å². The zero-order valence-electron chi connectivity index (χ0n) is 10.2. The first kappa shape index (κ1) is 13.3. The molecule has 0 radical (unpaired) electrons. The SMILES string of the molecule is O=S(=O)(NCC1(O)CCCCC1)N1CCCC1. The summed E-state index contributed by atoms with van der Waals surface area (Å²) >= 11 is 0. The fourth-order valence-electron chi connectivity index (χ4n) is 2.63. The predicted molar refractivity (Wildman–Crippen MR) is 65.8 cm³/mol. The zero-order valence-corrected chi connectivity index (χ0v) is 11.0. The Labute approximate surface area is 103 Å². The largest absolute Gasteiger partial charge is 0.389 e. The average Bonchev–Trinajstić information content (AvgIpc) is 2.82. The van der Waals surface area contributed by atoms with E-state index >= 15 is 0 Å². The van der Waals surface area contributed by atoms with E-state index in [-0.39, 0.29) is 6.54 Å². The van der Waals surface area contributed by atoms with E-state index < -0.39 is 15.8 Å². The summed E-state index contributed by atoms with van der Waals surface area (Å²) in [6.45, 7) is 1.37. The van der Waals surface area contributed by atoms with Crippen LogP contribution in [0.4, 0.5) is 0 Å².